The Morgan fingerprint density at radius 3 is 2.50 bits per heavy atom. The minimum Gasteiger partial charge on any atom is -0.483 e. The number of piperidine rings is 1. The molecule has 0 bridgehead atoms. The maximum atomic E-state index is 12.8. The molecule has 3 aromatic rings. The van der Waals surface area contributed by atoms with Crippen molar-refractivity contribution in [2.24, 2.45) is 5.73 Å². The van der Waals surface area contributed by atoms with E-state index in [1.54, 1.807) is 0 Å². The number of para-hydroxylation sites is 2. The zero-order valence-electron chi connectivity index (χ0n) is 18.6. The van der Waals surface area contributed by atoms with Crippen LogP contribution >= 0.6 is 0 Å². The first-order valence-corrected chi connectivity index (χ1v) is 11.1. The molecule has 2 amide bonds. The van der Waals surface area contributed by atoms with E-state index < -0.39 is 5.91 Å². The van der Waals surface area contributed by atoms with Crippen molar-refractivity contribution in [1.29, 1.82) is 0 Å². The summed E-state index contributed by atoms with van der Waals surface area (Å²) in [5.41, 5.74) is 8.82. The van der Waals surface area contributed by atoms with E-state index in [4.69, 9.17) is 15.5 Å². The third-order valence-corrected chi connectivity index (χ3v) is 6.15. The van der Waals surface area contributed by atoms with Crippen LogP contribution in [-0.2, 0) is 4.79 Å². The van der Waals surface area contributed by atoms with Gasteiger partial charge in [0.25, 0.3) is 11.8 Å². The van der Waals surface area contributed by atoms with Gasteiger partial charge in [0.1, 0.15) is 5.75 Å². The molecule has 6 heteroatoms. The molecule has 0 saturated carbocycles. The zero-order valence-corrected chi connectivity index (χ0v) is 18.6. The first kappa shape index (κ1) is 21.8. The summed E-state index contributed by atoms with van der Waals surface area (Å²) in [6, 6.07) is 17.4. The zero-order chi connectivity index (χ0) is 22.7. The van der Waals surface area contributed by atoms with Gasteiger partial charge in [-0.2, -0.15) is 0 Å². The Balaban J connectivity index is 1.42. The highest BCUT2D eigenvalue weighted by atomic mass is 16.5. The Hall–Kier alpha value is -3.41. The van der Waals surface area contributed by atoms with E-state index in [-0.39, 0.29) is 18.4 Å². The number of hydrogen-bond acceptors (Lipinski definition) is 4. The lowest BCUT2D eigenvalue weighted by Crippen LogP contribution is -2.41. The number of fused-ring (bicyclic) bond motifs is 1. The molecule has 0 spiro atoms. The number of pyridine rings is 1. The smallest absolute Gasteiger partial charge is 0.260 e. The van der Waals surface area contributed by atoms with Gasteiger partial charge in [0.2, 0.25) is 0 Å². The van der Waals surface area contributed by atoms with E-state index >= 15 is 0 Å². The number of primary amides is 1. The van der Waals surface area contributed by atoms with Crippen LogP contribution in [0.1, 0.15) is 60.1 Å². The molecule has 6 nitrogen and oxygen atoms in total. The average Bonchev–Trinajstić information content (AvgIpc) is 2.81. The van der Waals surface area contributed by atoms with Crippen LogP contribution in [0.15, 0.2) is 54.6 Å². The Bertz CT molecular complexity index is 1130. The number of aromatic nitrogens is 1. The van der Waals surface area contributed by atoms with Gasteiger partial charge in [0, 0.05) is 24.4 Å². The normalized spacial score (nSPS) is 14.7. The number of nitrogens with two attached hydrogens (primary N) is 1. The van der Waals surface area contributed by atoms with Gasteiger partial charge in [-0.05, 0) is 42.5 Å². The molecule has 1 saturated heterocycles. The molecule has 2 N–H and O–H groups in total. The predicted molar refractivity (Wildman–Crippen MR) is 125 cm³/mol. The number of carbonyl (C=O) groups excluding carboxylic acids is 2. The molecule has 0 atom stereocenters. The predicted octanol–water partition coefficient (Wildman–Crippen LogP) is 4.24. The number of hydrogen-bond donors (Lipinski definition) is 1. The standard InChI is InChI=1S/C26H29N3O3/c1-17(2)20-8-4-6-10-23(20)32-16-24(30)29-13-11-18(12-14-29)25-21(26(27)31)15-19-7-3-5-9-22(19)28-25/h3-10,15,17-18H,11-14,16H2,1-2H3,(H2,27,31). The summed E-state index contributed by atoms with van der Waals surface area (Å²) in [5.74, 6) is 0.689. The van der Waals surface area contributed by atoms with Crippen LogP contribution in [0, 0.1) is 0 Å². The summed E-state index contributed by atoms with van der Waals surface area (Å²) in [7, 11) is 0. The number of ether oxygens (including phenoxy) is 1. The van der Waals surface area contributed by atoms with Gasteiger partial charge in [0.05, 0.1) is 16.8 Å². The van der Waals surface area contributed by atoms with Crippen molar-refractivity contribution < 1.29 is 14.3 Å². The summed E-state index contributed by atoms with van der Waals surface area (Å²) < 4.78 is 5.86. The van der Waals surface area contributed by atoms with Crippen molar-refractivity contribution >= 4 is 22.7 Å². The topological polar surface area (TPSA) is 85.5 Å². The molecule has 0 aliphatic carbocycles. The lowest BCUT2D eigenvalue weighted by Gasteiger charge is -2.32. The summed E-state index contributed by atoms with van der Waals surface area (Å²) in [5, 5.41) is 0.900. The number of rotatable bonds is 6. The van der Waals surface area contributed by atoms with Gasteiger partial charge in [-0.1, -0.05) is 50.2 Å². The van der Waals surface area contributed by atoms with E-state index in [0.29, 0.717) is 24.6 Å². The van der Waals surface area contributed by atoms with Gasteiger partial charge < -0.3 is 15.4 Å². The molecule has 0 unspecified atom stereocenters. The highest BCUT2D eigenvalue weighted by Crippen LogP contribution is 2.31. The minimum absolute atomic E-state index is 0.0230. The number of amides is 2. The Labute approximate surface area is 188 Å². The highest BCUT2D eigenvalue weighted by Gasteiger charge is 2.28. The molecule has 2 aromatic carbocycles. The second-order valence-corrected chi connectivity index (χ2v) is 8.61. The summed E-state index contributed by atoms with van der Waals surface area (Å²) in [6.07, 6.45) is 1.47. The molecule has 0 radical (unpaired) electrons. The largest absolute Gasteiger partial charge is 0.483 e. The third kappa shape index (κ3) is 4.59. The molecule has 1 fully saturated rings. The van der Waals surface area contributed by atoms with Crippen molar-refractivity contribution in [2.45, 2.75) is 38.5 Å². The summed E-state index contributed by atoms with van der Waals surface area (Å²) >= 11 is 0. The monoisotopic (exact) mass is 431 g/mol. The van der Waals surface area contributed by atoms with Crippen LogP contribution in [0.3, 0.4) is 0 Å². The maximum absolute atomic E-state index is 12.8. The van der Waals surface area contributed by atoms with Gasteiger partial charge in [-0.25, -0.2) is 0 Å². The SMILES string of the molecule is CC(C)c1ccccc1OCC(=O)N1CCC(c2nc3ccccc3cc2C(N)=O)CC1. The summed E-state index contributed by atoms with van der Waals surface area (Å²) in [4.78, 5) is 31.4. The van der Waals surface area contributed by atoms with Crippen molar-refractivity contribution in [3.8, 4) is 5.75 Å². The molecule has 1 aliphatic rings. The van der Waals surface area contributed by atoms with Crippen molar-refractivity contribution in [3.63, 3.8) is 0 Å². The Morgan fingerprint density at radius 1 is 1.09 bits per heavy atom. The van der Waals surface area contributed by atoms with E-state index in [1.165, 1.54) is 0 Å². The van der Waals surface area contributed by atoms with Crippen LogP contribution in [0.25, 0.3) is 10.9 Å². The number of benzene rings is 2. The van der Waals surface area contributed by atoms with E-state index in [1.807, 2.05) is 59.5 Å². The molecule has 1 aliphatic heterocycles. The van der Waals surface area contributed by atoms with Crippen molar-refractivity contribution in [1.82, 2.24) is 9.88 Å². The molecular formula is C26H29N3O3. The highest BCUT2D eigenvalue weighted by molar-refractivity contribution is 5.97. The van der Waals surface area contributed by atoms with Crippen LogP contribution in [0.2, 0.25) is 0 Å². The van der Waals surface area contributed by atoms with E-state index in [0.717, 1.165) is 40.8 Å². The van der Waals surface area contributed by atoms with Crippen molar-refractivity contribution in [2.75, 3.05) is 19.7 Å². The summed E-state index contributed by atoms with van der Waals surface area (Å²) in [6.45, 7) is 5.44. The van der Waals surface area contributed by atoms with E-state index in [2.05, 4.69) is 13.8 Å². The third-order valence-electron chi connectivity index (χ3n) is 6.15. The van der Waals surface area contributed by atoms with E-state index in [9.17, 15) is 9.59 Å². The molecule has 32 heavy (non-hydrogen) atoms. The molecular weight excluding hydrogens is 402 g/mol. The lowest BCUT2D eigenvalue weighted by atomic mass is 9.89. The molecule has 2 heterocycles. The second kappa shape index (κ2) is 9.39. The molecule has 166 valence electrons. The van der Waals surface area contributed by atoms with Gasteiger partial charge in [-0.15, -0.1) is 0 Å². The fourth-order valence-electron chi connectivity index (χ4n) is 4.36. The Morgan fingerprint density at radius 2 is 1.78 bits per heavy atom. The first-order valence-electron chi connectivity index (χ1n) is 11.1. The quantitative estimate of drug-likeness (QED) is 0.632. The van der Waals surface area contributed by atoms with Crippen molar-refractivity contribution in [3.05, 3.63) is 71.4 Å². The molecule has 1 aromatic heterocycles. The number of nitrogens with zero attached hydrogens (tertiary/aromatic N) is 2. The maximum Gasteiger partial charge on any atom is 0.260 e. The van der Waals surface area contributed by atoms with Gasteiger partial charge in [-0.3, -0.25) is 14.6 Å². The lowest BCUT2D eigenvalue weighted by molar-refractivity contribution is -0.134. The fourth-order valence-corrected chi connectivity index (χ4v) is 4.36. The molecule has 4 rings (SSSR count). The average molecular weight is 432 g/mol. The van der Waals surface area contributed by atoms with Crippen LogP contribution in [-0.4, -0.2) is 41.4 Å². The number of carbonyl (C=O) groups is 2. The Kier molecular flexibility index (Phi) is 6.40. The minimum atomic E-state index is -0.464. The van der Waals surface area contributed by atoms with Gasteiger partial charge in [0.15, 0.2) is 6.61 Å². The van der Waals surface area contributed by atoms with Crippen LogP contribution < -0.4 is 10.5 Å². The fraction of sp³-hybridized carbons (Fsp3) is 0.346. The second-order valence-electron chi connectivity index (χ2n) is 8.61. The van der Waals surface area contributed by atoms with Crippen LogP contribution in [0.5, 0.6) is 5.75 Å². The van der Waals surface area contributed by atoms with Crippen LogP contribution in [0.4, 0.5) is 0 Å². The first-order chi connectivity index (χ1) is 15.4. The van der Waals surface area contributed by atoms with Gasteiger partial charge >= 0.3 is 0 Å². The number of likely N-dealkylation sites (tertiary alicyclic amines) is 1.